The summed E-state index contributed by atoms with van der Waals surface area (Å²) in [6, 6.07) is 5.87. The lowest BCUT2D eigenvalue weighted by Crippen LogP contribution is -2.69. The Balaban J connectivity index is 1.52. The highest BCUT2D eigenvalue weighted by Crippen LogP contribution is 2.65. The molecule has 4 fully saturated rings. The van der Waals surface area contributed by atoms with Gasteiger partial charge in [-0.15, -0.1) is 0 Å². The summed E-state index contributed by atoms with van der Waals surface area (Å²) in [5, 5.41) is 9.60. The Morgan fingerprint density at radius 3 is 3.07 bits per heavy atom. The molecule has 5 aliphatic heterocycles. The molecule has 1 N–H and O–H groups in total. The minimum absolute atomic E-state index is 0.0225. The number of hydrogen-bond donors (Lipinski definition) is 1. The maximum atomic E-state index is 13.3. The van der Waals surface area contributed by atoms with Gasteiger partial charge in [-0.2, -0.15) is 0 Å². The average molecular weight is 378 g/mol. The number of anilines is 1. The molecular weight excluding hydrogens is 356 g/mol. The van der Waals surface area contributed by atoms with Crippen LogP contribution in [0.2, 0.25) is 0 Å². The molecule has 6 atom stereocenters. The van der Waals surface area contributed by atoms with E-state index in [0.29, 0.717) is 36.5 Å². The standard InChI is InChI=1S/C22H22N2O4/c25-18-9-16-19-13-8-17-22(4-5-23(17)10-12(13)3-6-28-16)14-7-11(21(26)27)1-2-15(14)24(18)20(19)22/h1-3,7,13,16-17,19-20H,4-6,8-10H2,(H,26,27)/t13-,16-,17-,19-,20-,22+/m0/s1. The van der Waals surface area contributed by atoms with Gasteiger partial charge in [-0.3, -0.25) is 9.69 Å². The zero-order valence-corrected chi connectivity index (χ0v) is 15.5. The first kappa shape index (κ1) is 15.7. The summed E-state index contributed by atoms with van der Waals surface area (Å²) in [7, 11) is 0. The first-order chi connectivity index (χ1) is 13.6. The number of carboxylic acids is 1. The van der Waals surface area contributed by atoms with E-state index in [1.54, 1.807) is 6.07 Å². The fourth-order valence-electron chi connectivity index (χ4n) is 7.68. The van der Waals surface area contributed by atoms with Crippen LogP contribution in [-0.2, 0) is 14.9 Å². The van der Waals surface area contributed by atoms with Crippen LogP contribution >= 0.6 is 0 Å². The van der Waals surface area contributed by atoms with Crippen LogP contribution in [0.1, 0.15) is 35.2 Å². The number of carbonyl (C=O) groups is 2. The van der Waals surface area contributed by atoms with Gasteiger partial charge in [0.05, 0.1) is 30.7 Å². The number of ether oxygens (including phenoxy) is 1. The van der Waals surface area contributed by atoms with Crippen molar-refractivity contribution in [3.63, 3.8) is 0 Å². The van der Waals surface area contributed by atoms with Crippen molar-refractivity contribution in [2.24, 2.45) is 11.8 Å². The van der Waals surface area contributed by atoms with E-state index >= 15 is 0 Å². The molecule has 6 heteroatoms. The molecule has 0 aromatic heterocycles. The van der Waals surface area contributed by atoms with E-state index in [0.717, 1.165) is 37.2 Å². The molecule has 6 nitrogen and oxygen atoms in total. The van der Waals surface area contributed by atoms with Gasteiger partial charge in [-0.25, -0.2) is 4.79 Å². The van der Waals surface area contributed by atoms with E-state index < -0.39 is 5.97 Å². The van der Waals surface area contributed by atoms with Crippen LogP contribution in [0.3, 0.4) is 0 Å². The number of fused-ring (bicyclic) bond motifs is 2. The Hall–Kier alpha value is -2.18. The van der Waals surface area contributed by atoms with Crippen molar-refractivity contribution in [3.05, 3.63) is 41.0 Å². The summed E-state index contributed by atoms with van der Waals surface area (Å²) in [4.78, 5) is 29.6. The largest absolute Gasteiger partial charge is 0.478 e. The zero-order chi connectivity index (χ0) is 18.8. The molecule has 1 aliphatic carbocycles. The lowest BCUT2D eigenvalue weighted by molar-refractivity contribution is -0.132. The fraction of sp³-hybridized carbons (Fsp3) is 0.545. The van der Waals surface area contributed by atoms with E-state index in [1.807, 2.05) is 17.0 Å². The van der Waals surface area contributed by atoms with Gasteiger partial charge in [0.1, 0.15) is 0 Å². The number of amides is 1. The second-order valence-electron chi connectivity index (χ2n) is 9.30. The third-order valence-corrected chi connectivity index (χ3v) is 8.56. The number of nitrogens with zero attached hydrogens (tertiary/aromatic N) is 2. The van der Waals surface area contributed by atoms with Gasteiger partial charge in [0.25, 0.3) is 0 Å². The summed E-state index contributed by atoms with van der Waals surface area (Å²) in [5.41, 5.74) is 3.70. The van der Waals surface area contributed by atoms with Crippen LogP contribution in [0.15, 0.2) is 29.8 Å². The lowest BCUT2D eigenvalue weighted by Gasteiger charge is -2.58. The third kappa shape index (κ3) is 1.57. The van der Waals surface area contributed by atoms with Crippen LogP contribution in [0, 0.1) is 11.8 Å². The fourth-order valence-corrected chi connectivity index (χ4v) is 7.68. The molecule has 1 aromatic carbocycles. The SMILES string of the molecule is O=C(O)c1ccc2c(c1)[C@@]13CCN4CC5=CCO[C@H]6CC(=O)N2[C@H]1[C@H]6[C@H]5C[C@H]43. The highest BCUT2D eigenvalue weighted by Gasteiger charge is 2.71. The first-order valence-corrected chi connectivity index (χ1v) is 10.3. The number of carboxylic acid groups (broad SMARTS) is 1. The Bertz CT molecular complexity index is 987. The maximum Gasteiger partial charge on any atom is 0.335 e. The molecule has 6 aliphatic rings. The predicted molar refractivity (Wildman–Crippen MR) is 100 cm³/mol. The molecule has 28 heavy (non-hydrogen) atoms. The smallest absolute Gasteiger partial charge is 0.335 e. The molecule has 1 spiro atoms. The van der Waals surface area contributed by atoms with Gasteiger partial charge in [-0.05, 0) is 49.1 Å². The quantitative estimate of drug-likeness (QED) is 0.755. The van der Waals surface area contributed by atoms with Crippen molar-refractivity contribution in [2.45, 2.75) is 42.9 Å². The lowest BCUT2D eigenvalue weighted by atomic mass is 9.53. The minimum Gasteiger partial charge on any atom is -0.478 e. The van der Waals surface area contributed by atoms with Gasteiger partial charge in [-0.1, -0.05) is 11.6 Å². The second kappa shape index (κ2) is 4.86. The predicted octanol–water partition coefficient (Wildman–Crippen LogP) is 1.79. The number of hydrogen-bond acceptors (Lipinski definition) is 4. The van der Waals surface area contributed by atoms with E-state index in [4.69, 9.17) is 4.74 Å². The highest BCUT2D eigenvalue weighted by molar-refractivity contribution is 6.00. The van der Waals surface area contributed by atoms with Gasteiger partial charge in [0, 0.05) is 29.6 Å². The van der Waals surface area contributed by atoms with Gasteiger partial charge >= 0.3 is 5.97 Å². The van der Waals surface area contributed by atoms with Crippen LogP contribution in [0.5, 0.6) is 0 Å². The van der Waals surface area contributed by atoms with Crippen LogP contribution in [0.4, 0.5) is 5.69 Å². The Morgan fingerprint density at radius 2 is 2.21 bits per heavy atom. The molecule has 0 unspecified atom stereocenters. The normalized spacial score (nSPS) is 42.1. The van der Waals surface area contributed by atoms with Crippen LogP contribution < -0.4 is 4.90 Å². The van der Waals surface area contributed by atoms with Gasteiger partial charge < -0.3 is 14.7 Å². The van der Waals surface area contributed by atoms with Crippen LogP contribution in [-0.4, -0.2) is 59.8 Å². The molecule has 144 valence electrons. The van der Waals surface area contributed by atoms with E-state index in [1.165, 1.54) is 5.57 Å². The third-order valence-electron chi connectivity index (χ3n) is 8.56. The van der Waals surface area contributed by atoms with Crippen molar-refractivity contribution in [2.75, 3.05) is 24.6 Å². The van der Waals surface area contributed by atoms with E-state index in [-0.39, 0.29) is 23.5 Å². The number of rotatable bonds is 1. The molecule has 1 aromatic rings. The summed E-state index contributed by atoms with van der Waals surface area (Å²) >= 11 is 0. The molecule has 0 radical (unpaired) electrons. The van der Waals surface area contributed by atoms with Crippen molar-refractivity contribution < 1.29 is 19.4 Å². The van der Waals surface area contributed by atoms with Crippen molar-refractivity contribution in [1.82, 2.24) is 4.90 Å². The zero-order valence-electron chi connectivity index (χ0n) is 15.5. The van der Waals surface area contributed by atoms with Crippen molar-refractivity contribution in [1.29, 1.82) is 0 Å². The first-order valence-electron chi connectivity index (χ1n) is 10.3. The van der Waals surface area contributed by atoms with Crippen LogP contribution in [0.25, 0.3) is 0 Å². The van der Waals surface area contributed by atoms with Crippen molar-refractivity contribution in [3.8, 4) is 0 Å². The van der Waals surface area contributed by atoms with E-state index in [2.05, 4.69) is 11.0 Å². The molecule has 1 saturated carbocycles. The molecule has 1 amide bonds. The summed E-state index contributed by atoms with van der Waals surface area (Å²) < 4.78 is 6.22. The average Bonchev–Trinajstić information content (AvgIpc) is 3.15. The molecule has 2 bridgehead atoms. The van der Waals surface area contributed by atoms with Gasteiger partial charge in [0.2, 0.25) is 5.91 Å². The molecule has 7 rings (SSSR count). The number of piperidine rings is 2. The summed E-state index contributed by atoms with van der Waals surface area (Å²) in [5.74, 6) is 0.0234. The monoisotopic (exact) mass is 378 g/mol. The Kier molecular flexibility index (Phi) is 2.73. The Morgan fingerprint density at radius 1 is 1.32 bits per heavy atom. The number of benzene rings is 1. The van der Waals surface area contributed by atoms with Crippen molar-refractivity contribution >= 4 is 17.6 Å². The van der Waals surface area contributed by atoms with Gasteiger partial charge in [0.15, 0.2) is 0 Å². The maximum absolute atomic E-state index is 13.3. The number of aromatic carboxylic acids is 1. The summed E-state index contributed by atoms with van der Waals surface area (Å²) in [6.07, 6.45) is 4.77. The topological polar surface area (TPSA) is 70.1 Å². The molecular formula is C22H22N2O4. The summed E-state index contributed by atoms with van der Waals surface area (Å²) in [6.45, 7) is 2.62. The molecule has 3 saturated heterocycles. The Labute approximate surface area is 162 Å². The molecule has 5 heterocycles. The number of carbonyl (C=O) groups excluding carboxylic acids is 1. The minimum atomic E-state index is -0.900. The highest BCUT2D eigenvalue weighted by atomic mass is 16.5. The second-order valence-corrected chi connectivity index (χ2v) is 9.30. The van der Waals surface area contributed by atoms with E-state index in [9.17, 15) is 14.7 Å².